The van der Waals surface area contributed by atoms with Gasteiger partial charge in [-0.25, -0.2) is 4.98 Å². The third kappa shape index (κ3) is 3.17. The Balaban J connectivity index is 1.49. The first-order chi connectivity index (χ1) is 13.9. The molecule has 28 heavy (non-hydrogen) atoms. The van der Waals surface area contributed by atoms with Crippen molar-refractivity contribution >= 4 is 33.3 Å². The van der Waals surface area contributed by atoms with E-state index in [1.54, 1.807) is 17.6 Å². The third-order valence-corrected chi connectivity index (χ3v) is 5.40. The minimum Gasteiger partial charge on any atom is -0.391 e. The van der Waals surface area contributed by atoms with Crippen molar-refractivity contribution in [1.29, 1.82) is 0 Å². The smallest absolute Gasteiger partial charge is 0.194 e. The van der Waals surface area contributed by atoms with E-state index in [1.165, 1.54) is 10.8 Å². The average molecular weight is 383 g/mol. The van der Waals surface area contributed by atoms with Crippen LogP contribution in [-0.4, -0.2) is 15.6 Å². The van der Waals surface area contributed by atoms with Crippen LogP contribution in [0.25, 0.3) is 27.0 Å². The van der Waals surface area contributed by atoms with Gasteiger partial charge in [-0.05, 0) is 22.4 Å². The number of oxime groups is 1. The summed E-state index contributed by atoms with van der Waals surface area (Å²) < 4.78 is 2.05. The number of rotatable bonds is 5. The monoisotopic (exact) mass is 383 g/mol. The molecule has 0 spiro atoms. The highest BCUT2D eigenvalue weighted by Crippen LogP contribution is 2.28. The highest BCUT2D eigenvalue weighted by Gasteiger charge is 2.14. The molecule has 5 rings (SSSR count). The molecule has 3 aromatic carbocycles. The summed E-state index contributed by atoms with van der Waals surface area (Å²) in [6.45, 7) is 0.439. The van der Waals surface area contributed by atoms with Gasteiger partial charge >= 0.3 is 0 Å². The van der Waals surface area contributed by atoms with Crippen LogP contribution in [0.2, 0.25) is 0 Å². The summed E-state index contributed by atoms with van der Waals surface area (Å²) in [6, 6.07) is 24.8. The lowest BCUT2D eigenvalue weighted by molar-refractivity contribution is 0.132. The fourth-order valence-corrected chi connectivity index (χ4v) is 3.97. The minimum atomic E-state index is 0.439. The molecule has 0 bridgehead atoms. The molecule has 0 aliphatic heterocycles. The summed E-state index contributed by atoms with van der Waals surface area (Å²) in [5, 5.41) is 8.64. The summed E-state index contributed by atoms with van der Waals surface area (Å²) in [4.78, 5) is 11.3. The van der Waals surface area contributed by atoms with Gasteiger partial charge in [0.1, 0.15) is 6.61 Å². The van der Waals surface area contributed by atoms with E-state index < -0.39 is 0 Å². The van der Waals surface area contributed by atoms with Crippen LogP contribution in [0.1, 0.15) is 11.3 Å². The van der Waals surface area contributed by atoms with Crippen molar-refractivity contribution in [3.8, 4) is 11.3 Å². The van der Waals surface area contributed by atoms with Crippen LogP contribution in [0.5, 0.6) is 0 Å². The number of fused-ring (bicyclic) bond motifs is 2. The predicted octanol–water partition coefficient (Wildman–Crippen LogP) is 5.77. The minimum absolute atomic E-state index is 0.439. The molecule has 0 N–H and O–H groups in total. The van der Waals surface area contributed by atoms with Crippen molar-refractivity contribution < 1.29 is 4.84 Å². The van der Waals surface area contributed by atoms with Gasteiger partial charge in [0.2, 0.25) is 0 Å². The third-order valence-electron chi connectivity index (χ3n) is 4.65. The van der Waals surface area contributed by atoms with E-state index in [9.17, 15) is 0 Å². The van der Waals surface area contributed by atoms with Crippen LogP contribution in [0.4, 0.5) is 0 Å². The largest absolute Gasteiger partial charge is 0.391 e. The molecular weight excluding hydrogens is 366 g/mol. The maximum Gasteiger partial charge on any atom is 0.194 e. The molecule has 0 aliphatic carbocycles. The Hall–Kier alpha value is -3.44. The van der Waals surface area contributed by atoms with Gasteiger partial charge in [-0.1, -0.05) is 71.9 Å². The molecular formula is C23H17N3OS. The maximum atomic E-state index is 5.51. The Morgan fingerprint density at radius 3 is 2.68 bits per heavy atom. The fourth-order valence-electron chi connectivity index (χ4n) is 3.25. The lowest BCUT2D eigenvalue weighted by Crippen LogP contribution is -1.93. The summed E-state index contributed by atoms with van der Waals surface area (Å²) in [6.07, 6.45) is 3.76. The first kappa shape index (κ1) is 16.7. The van der Waals surface area contributed by atoms with Gasteiger partial charge in [-0.2, -0.15) is 0 Å². The van der Waals surface area contributed by atoms with Crippen molar-refractivity contribution in [2.24, 2.45) is 5.16 Å². The van der Waals surface area contributed by atoms with Crippen LogP contribution >= 0.6 is 11.3 Å². The molecule has 5 aromatic rings. The van der Waals surface area contributed by atoms with E-state index >= 15 is 0 Å². The Labute approximate surface area is 166 Å². The second kappa shape index (κ2) is 7.29. The summed E-state index contributed by atoms with van der Waals surface area (Å²) in [5.41, 5.74) is 3.98. The number of hydrogen-bond donors (Lipinski definition) is 0. The van der Waals surface area contributed by atoms with E-state index in [0.717, 1.165) is 27.5 Å². The fraction of sp³-hybridized carbons (Fsp3) is 0.0435. The van der Waals surface area contributed by atoms with Gasteiger partial charge in [-0.15, -0.1) is 11.3 Å². The van der Waals surface area contributed by atoms with Gasteiger partial charge in [0, 0.05) is 17.1 Å². The van der Waals surface area contributed by atoms with Gasteiger partial charge in [0.05, 0.1) is 17.6 Å². The molecule has 0 atom stereocenters. The van der Waals surface area contributed by atoms with Crippen LogP contribution in [-0.2, 0) is 11.4 Å². The Morgan fingerprint density at radius 2 is 1.79 bits per heavy atom. The number of hydrogen-bond acceptors (Lipinski definition) is 4. The first-order valence-corrected chi connectivity index (χ1v) is 9.90. The van der Waals surface area contributed by atoms with Crippen molar-refractivity contribution in [1.82, 2.24) is 9.38 Å². The van der Waals surface area contributed by atoms with Gasteiger partial charge in [0.15, 0.2) is 4.96 Å². The zero-order valence-electron chi connectivity index (χ0n) is 15.0. The quantitative estimate of drug-likeness (QED) is 0.286. The normalized spacial score (nSPS) is 11.6. The van der Waals surface area contributed by atoms with E-state index in [-0.39, 0.29) is 0 Å². The Morgan fingerprint density at radius 1 is 0.964 bits per heavy atom. The topological polar surface area (TPSA) is 38.9 Å². The summed E-state index contributed by atoms with van der Waals surface area (Å²) >= 11 is 1.61. The zero-order chi connectivity index (χ0) is 18.8. The second-order valence-electron chi connectivity index (χ2n) is 6.46. The van der Waals surface area contributed by atoms with Crippen LogP contribution in [0, 0.1) is 0 Å². The van der Waals surface area contributed by atoms with Crippen molar-refractivity contribution in [2.45, 2.75) is 6.61 Å². The molecule has 0 saturated carbocycles. The maximum absolute atomic E-state index is 5.51. The highest BCUT2D eigenvalue weighted by atomic mass is 32.1. The average Bonchev–Trinajstić information content (AvgIpc) is 3.34. The molecule has 2 heterocycles. The molecule has 5 heteroatoms. The first-order valence-electron chi connectivity index (χ1n) is 9.02. The lowest BCUT2D eigenvalue weighted by atomic mass is 10.0. The SMILES string of the molecule is C(=N\OCc1ccccc1)/c1c(-c2ccc3ccccc3c2)nc2sccn12. The molecule has 0 unspecified atom stereocenters. The molecule has 0 fully saturated rings. The van der Waals surface area contributed by atoms with E-state index in [4.69, 9.17) is 9.82 Å². The van der Waals surface area contributed by atoms with Crippen molar-refractivity contribution in [3.05, 3.63) is 95.6 Å². The second-order valence-corrected chi connectivity index (χ2v) is 7.33. The van der Waals surface area contributed by atoms with E-state index in [1.807, 2.05) is 46.3 Å². The van der Waals surface area contributed by atoms with Gasteiger partial charge < -0.3 is 4.84 Å². The lowest BCUT2D eigenvalue weighted by Gasteiger charge is -2.03. The standard InChI is InChI=1S/C23H17N3OS/c1-2-6-17(7-3-1)16-27-24-15-21-22(25-23-26(21)12-13-28-23)20-11-10-18-8-4-5-9-19(18)14-20/h1-15H,16H2/b24-15+. The predicted molar refractivity (Wildman–Crippen MR) is 115 cm³/mol. The van der Waals surface area contributed by atoms with Gasteiger partial charge in [-0.3, -0.25) is 4.40 Å². The molecule has 0 saturated heterocycles. The number of imidazole rings is 1. The molecule has 0 amide bonds. The van der Waals surface area contributed by atoms with Gasteiger partial charge in [0.25, 0.3) is 0 Å². The molecule has 136 valence electrons. The van der Waals surface area contributed by atoms with Crippen molar-refractivity contribution in [3.63, 3.8) is 0 Å². The van der Waals surface area contributed by atoms with E-state index in [2.05, 4.69) is 47.6 Å². The van der Waals surface area contributed by atoms with E-state index in [0.29, 0.717) is 6.61 Å². The van der Waals surface area contributed by atoms with Crippen LogP contribution in [0.15, 0.2) is 89.5 Å². The molecule has 4 nitrogen and oxygen atoms in total. The zero-order valence-corrected chi connectivity index (χ0v) is 15.8. The molecule has 2 aromatic heterocycles. The Bertz CT molecular complexity index is 1270. The number of nitrogens with zero attached hydrogens (tertiary/aromatic N) is 3. The Kier molecular flexibility index (Phi) is 4.35. The number of thiazole rings is 1. The van der Waals surface area contributed by atoms with Crippen molar-refractivity contribution in [2.75, 3.05) is 0 Å². The number of aromatic nitrogens is 2. The van der Waals surface area contributed by atoms with Crippen LogP contribution in [0.3, 0.4) is 0 Å². The number of benzene rings is 3. The molecule has 0 aliphatic rings. The summed E-state index contributed by atoms with van der Waals surface area (Å²) in [7, 11) is 0. The summed E-state index contributed by atoms with van der Waals surface area (Å²) in [5.74, 6) is 0. The van der Waals surface area contributed by atoms with Crippen LogP contribution < -0.4 is 0 Å². The highest BCUT2D eigenvalue weighted by molar-refractivity contribution is 7.15. The molecule has 0 radical (unpaired) electrons.